The first-order valence-corrected chi connectivity index (χ1v) is 9.29. The summed E-state index contributed by atoms with van der Waals surface area (Å²) in [6.07, 6.45) is -2.63. The van der Waals surface area contributed by atoms with E-state index in [4.69, 9.17) is 0 Å². The van der Waals surface area contributed by atoms with Crippen molar-refractivity contribution >= 4 is 30.1 Å². The SMILES string of the molecule is CSCc1cc(C(=O)NCC(N2CCNCC2)C(F)(F)F)ccc1F.Cl. The van der Waals surface area contributed by atoms with Gasteiger partial charge in [0.05, 0.1) is 0 Å². The van der Waals surface area contributed by atoms with E-state index in [1.807, 2.05) is 0 Å². The van der Waals surface area contributed by atoms with Gasteiger partial charge < -0.3 is 10.6 Å². The van der Waals surface area contributed by atoms with Crippen molar-refractivity contribution < 1.29 is 22.4 Å². The summed E-state index contributed by atoms with van der Waals surface area (Å²) in [5, 5.41) is 5.34. The van der Waals surface area contributed by atoms with Gasteiger partial charge in [-0.25, -0.2) is 4.39 Å². The molecule has 1 amide bonds. The number of nitrogens with zero attached hydrogens (tertiary/aromatic N) is 1. The quantitative estimate of drug-likeness (QED) is 0.701. The second-order valence-electron chi connectivity index (χ2n) is 5.79. The number of piperazine rings is 1. The van der Waals surface area contributed by atoms with E-state index in [-0.39, 0.29) is 31.1 Å². The molecule has 1 fully saturated rings. The molecule has 2 N–H and O–H groups in total. The van der Waals surface area contributed by atoms with Gasteiger partial charge in [0, 0.05) is 44.0 Å². The van der Waals surface area contributed by atoms with Gasteiger partial charge >= 0.3 is 6.18 Å². The van der Waals surface area contributed by atoms with E-state index in [0.717, 1.165) is 6.07 Å². The summed E-state index contributed by atoms with van der Waals surface area (Å²) in [5.41, 5.74) is 0.515. The fourth-order valence-electron chi connectivity index (χ4n) is 2.72. The minimum absolute atomic E-state index is 0. The predicted octanol–water partition coefficient (Wildman–Crippen LogP) is 2.68. The van der Waals surface area contributed by atoms with Crippen LogP contribution in [0.25, 0.3) is 0 Å². The van der Waals surface area contributed by atoms with Crippen molar-refractivity contribution in [2.75, 3.05) is 39.0 Å². The fraction of sp³-hybridized carbons (Fsp3) is 0.562. The first-order valence-electron chi connectivity index (χ1n) is 7.90. The number of carbonyl (C=O) groups excluding carboxylic acids is 1. The Morgan fingerprint density at radius 2 is 2.00 bits per heavy atom. The lowest BCUT2D eigenvalue weighted by molar-refractivity contribution is -0.183. The van der Waals surface area contributed by atoms with E-state index >= 15 is 0 Å². The second kappa shape index (κ2) is 10.3. The summed E-state index contributed by atoms with van der Waals surface area (Å²) >= 11 is 1.40. The van der Waals surface area contributed by atoms with Crippen molar-refractivity contribution in [3.63, 3.8) is 0 Å². The van der Waals surface area contributed by atoms with Crippen LogP contribution < -0.4 is 10.6 Å². The molecule has 4 nitrogen and oxygen atoms in total. The molecule has 0 saturated carbocycles. The molecule has 1 heterocycles. The molecule has 2 rings (SSSR count). The molecule has 0 aromatic heterocycles. The molecule has 1 saturated heterocycles. The smallest absolute Gasteiger partial charge is 0.350 e. The third-order valence-corrected chi connectivity index (χ3v) is 4.63. The largest absolute Gasteiger partial charge is 0.405 e. The number of halogens is 5. The molecular formula is C16H22ClF4N3OS. The van der Waals surface area contributed by atoms with Gasteiger partial charge in [-0.15, -0.1) is 12.4 Å². The first-order chi connectivity index (χ1) is 11.8. The lowest BCUT2D eigenvalue weighted by atomic mass is 10.1. The molecule has 1 atom stereocenters. The molecular weight excluding hydrogens is 394 g/mol. The monoisotopic (exact) mass is 415 g/mol. The van der Waals surface area contributed by atoms with Crippen LogP contribution in [0.3, 0.4) is 0 Å². The number of nitrogens with one attached hydrogen (secondary N) is 2. The summed E-state index contributed by atoms with van der Waals surface area (Å²) in [6.45, 7) is 0.980. The maximum absolute atomic E-state index is 13.6. The highest BCUT2D eigenvalue weighted by Crippen LogP contribution is 2.25. The number of thioether (sulfide) groups is 1. The Bertz CT molecular complexity index is 597. The minimum atomic E-state index is -4.43. The van der Waals surface area contributed by atoms with Crippen LogP contribution in [0.1, 0.15) is 15.9 Å². The van der Waals surface area contributed by atoms with Crippen LogP contribution >= 0.6 is 24.2 Å². The fourth-order valence-corrected chi connectivity index (χ4v) is 3.25. The highest BCUT2D eigenvalue weighted by Gasteiger charge is 2.43. The Hall–Kier alpha value is -1.03. The molecule has 1 unspecified atom stereocenters. The standard InChI is InChI=1S/C16H21F4N3OS.ClH/c1-25-10-12-8-11(2-3-13(12)17)15(24)22-9-14(16(18,19)20)23-6-4-21-5-7-23;/h2-3,8,14,21H,4-7,9-10H2,1H3,(H,22,24);1H. The van der Waals surface area contributed by atoms with Crippen molar-refractivity contribution in [3.8, 4) is 0 Å². The average Bonchev–Trinajstić information content (AvgIpc) is 2.57. The summed E-state index contributed by atoms with van der Waals surface area (Å²) in [5.74, 6) is -0.676. The van der Waals surface area contributed by atoms with Crippen LogP contribution in [0.4, 0.5) is 17.6 Å². The van der Waals surface area contributed by atoms with E-state index in [1.54, 1.807) is 6.26 Å². The van der Waals surface area contributed by atoms with Crippen molar-refractivity contribution in [1.82, 2.24) is 15.5 Å². The van der Waals surface area contributed by atoms with Crippen LogP contribution in [0.2, 0.25) is 0 Å². The molecule has 1 aliphatic rings. The number of hydrogen-bond donors (Lipinski definition) is 2. The zero-order chi connectivity index (χ0) is 18.4. The Morgan fingerprint density at radius 1 is 1.35 bits per heavy atom. The lowest BCUT2D eigenvalue weighted by Crippen LogP contribution is -2.57. The normalized spacial score (nSPS) is 16.7. The van der Waals surface area contributed by atoms with Crippen LogP contribution in [0.5, 0.6) is 0 Å². The maximum atomic E-state index is 13.6. The number of hydrogen-bond acceptors (Lipinski definition) is 4. The highest BCUT2D eigenvalue weighted by molar-refractivity contribution is 7.97. The highest BCUT2D eigenvalue weighted by atomic mass is 35.5. The van der Waals surface area contributed by atoms with Gasteiger partial charge in [0.25, 0.3) is 5.91 Å². The van der Waals surface area contributed by atoms with Crippen LogP contribution in [-0.4, -0.2) is 62.0 Å². The average molecular weight is 416 g/mol. The molecule has 1 aromatic carbocycles. The van der Waals surface area contributed by atoms with Crippen LogP contribution in [0.15, 0.2) is 18.2 Å². The topological polar surface area (TPSA) is 44.4 Å². The molecule has 1 aliphatic heterocycles. The number of carbonyl (C=O) groups is 1. The molecule has 0 bridgehead atoms. The predicted molar refractivity (Wildman–Crippen MR) is 97.5 cm³/mol. The van der Waals surface area contributed by atoms with E-state index in [1.165, 1.54) is 28.8 Å². The summed E-state index contributed by atoms with van der Waals surface area (Å²) < 4.78 is 53.6. The molecule has 10 heteroatoms. The summed E-state index contributed by atoms with van der Waals surface area (Å²) in [6, 6.07) is 2.10. The molecule has 0 aliphatic carbocycles. The summed E-state index contributed by atoms with van der Waals surface area (Å²) in [7, 11) is 0. The van der Waals surface area contributed by atoms with Gasteiger partial charge in [-0.3, -0.25) is 9.69 Å². The van der Waals surface area contributed by atoms with Gasteiger partial charge in [-0.2, -0.15) is 24.9 Å². The number of alkyl halides is 3. The molecule has 148 valence electrons. The maximum Gasteiger partial charge on any atom is 0.405 e. The Balaban J connectivity index is 0.00000338. The van der Waals surface area contributed by atoms with Gasteiger partial charge in [0.1, 0.15) is 11.9 Å². The molecule has 0 radical (unpaired) electrons. The second-order valence-corrected chi connectivity index (χ2v) is 6.66. The van der Waals surface area contributed by atoms with Crippen LogP contribution in [-0.2, 0) is 5.75 Å². The van der Waals surface area contributed by atoms with Crippen molar-refractivity contribution in [2.24, 2.45) is 0 Å². The Kier molecular flexibility index (Phi) is 9.15. The molecule has 0 spiro atoms. The Labute approximate surface area is 160 Å². The molecule has 1 aromatic rings. The van der Waals surface area contributed by atoms with Crippen molar-refractivity contribution in [2.45, 2.75) is 18.0 Å². The van der Waals surface area contributed by atoms with Gasteiger partial charge in [-0.1, -0.05) is 0 Å². The van der Waals surface area contributed by atoms with E-state index < -0.39 is 30.5 Å². The van der Waals surface area contributed by atoms with E-state index in [0.29, 0.717) is 24.4 Å². The van der Waals surface area contributed by atoms with E-state index in [2.05, 4.69) is 10.6 Å². The zero-order valence-electron chi connectivity index (χ0n) is 14.2. The number of amides is 1. The third kappa shape index (κ3) is 6.29. The van der Waals surface area contributed by atoms with Gasteiger partial charge in [0.15, 0.2) is 0 Å². The number of benzene rings is 1. The first kappa shape index (κ1) is 23.0. The summed E-state index contributed by atoms with van der Waals surface area (Å²) in [4.78, 5) is 13.5. The van der Waals surface area contributed by atoms with Gasteiger partial charge in [-0.05, 0) is 30.0 Å². The lowest BCUT2D eigenvalue weighted by Gasteiger charge is -2.35. The zero-order valence-corrected chi connectivity index (χ0v) is 15.9. The third-order valence-electron chi connectivity index (χ3n) is 4.03. The van der Waals surface area contributed by atoms with E-state index in [9.17, 15) is 22.4 Å². The van der Waals surface area contributed by atoms with Crippen LogP contribution in [0, 0.1) is 5.82 Å². The molecule has 26 heavy (non-hydrogen) atoms. The van der Waals surface area contributed by atoms with Gasteiger partial charge in [0.2, 0.25) is 0 Å². The minimum Gasteiger partial charge on any atom is -0.350 e. The Morgan fingerprint density at radius 3 is 2.58 bits per heavy atom. The van der Waals surface area contributed by atoms with Crippen molar-refractivity contribution in [1.29, 1.82) is 0 Å². The van der Waals surface area contributed by atoms with Crippen molar-refractivity contribution in [3.05, 3.63) is 35.1 Å². The number of rotatable bonds is 6.